The summed E-state index contributed by atoms with van der Waals surface area (Å²) in [5, 5.41) is 2.90. The van der Waals surface area contributed by atoms with E-state index in [-0.39, 0.29) is 35.5 Å². The molecule has 2 heterocycles. The normalized spacial score (nSPS) is 13.3. The van der Waals surface area contributed by atoms with Gasteiger partial charge >= 0.3 is 0 Å². The zero-order chi connectivity index (χ0) is 26.9. The Bertz CT molecular complexity index is 1670. The fourth-order valence-corrected chi connectivity index (χ4v) is 6.02. The number of carbonyl (C=O) groups excluding carboxylic acids is 1. The fourth-order valence-electron chi connectivity index (χ4n) is 4.60. The Morgan fingerprint density at radius 2 is 1.68 bits per heavy atom. The molecule has 5 rings (SSSR count). The van der Waals surface area contributed by atoms with Gasteiger partial charge in [-0.25, -0.2) is 8.42 Å². The van der Waals surface area contributed by atoms with Crippen molar-refractivity contribution in [3.05, 3.63) is 99.3 Å². The first-order chi connectivity index (χ1) is 18.3. The second-order valence-electron chi connectivity index (χ2n) is 8.98. The van der Waals surface area contributed by atoms with Crippen LogP contribution >= 0.6 is 0 Å². The van der Waals surface area contributed by atoms with Crippen molar-refractivity contribution >= 4 is 26.8 Å². The Morgan fingerprint density at radius 1 is 0.974 bits per heavy atom. The highest BCUT2D eigenvalue weighted by molar-refractivity contribution is 7.89. The number of methoxy groups -OCH3 is 2. The molecule has 0 fully saturated rings. The molecule has 0 saturated carbocycles. The Labute approximate surface area is 220 Å². The van der Waals surface area contributed by atoms with Crippen LogP contribution < -0.4 is 20.2 Å². The van der Waals surface area contributed by atoms with Crippen molar-refractivity contribution in [2.75, 3.05) is 20.8 Å². The molecule has 38 heavy (non-hydrogen) atoms. The summed E-state index contributed by atoms with van der Waals surface area (Å²) in [6.07, 6.45) is 1.86. The highest BCUT2D eigenvalue weighted by atomic mass is 32.2. The lowest BCUT2D eigenvalue weighted by atomic mass is 10.1. The Kier molecular flexibility index (Phi) is 6.92. The first-order valence-corrected chi connectivity index (χ1v) is 13.5. The standard InChI is InChI=1S/C28H27N3O6S/c1-36-25-10-7-18(13-26(25)37-2)11-12-29-28(33)23-15-30-24-9-8-21(14-22(24)27(23)32)38(34,35)31-16-19-5-3-4-6-20(19)17-31/h3-10,13-15H,11-12,16-17H2,1-2H3,(H,29,33)(H,30,32). The van der Waals surface area contributed by atoms with Gasteiger partial charge in [-0.2, -0.15) is 4.31 Å². The van der Waals surface area contributed by atoms with Crippen LogP contribution in [0.2, 0.25) is 0 Å². The number of carbonyl (C=O) groups is 1. The average Bonchev–Trinajstić information content (AvgIpc) is 3.38. The molecule has 0 unspecified atom stereocenters. The van der Waals surface area contributed by atoms with Crippen LogP contribution in [0.4, 0.5) is 0 Å². The molecule has 0 aliphatic carbocycles. The van der Waals surface area contributed by atoms with E-state index in [0.717, 1.165) is 16.7 Å². The van der Waals surface area contributed by atoms with E-state index in [9.17, 15) is 18.0 Å². The SMILES string of the molecule is COc1ccc(CCNC(=O)c2c[nH]c3ccc(S(=O)(=O)N4Cc5ccccc5C4)cc3c2=O)cc1OC. The summed E-state index contributed by atoms with van der Waals surface area (Å²) >= 11 is 0. The van der Waals surface area contributed by atoms with Crippen LogP contribution in [0, 0.1) is 0 Å². The number of aromatic nitrogens is 1. The quantitative estimate of drug-likeness (QED) is 0.359. The molecule has 1 aromatic heterocycles. The van der Waals surface area contributed by atoms with Crippen LogP contribution in [0.25, 0.3) is 10.9 Å². The predicted molar refractivity (Wildman–Crippen MR) is 143 cm³/mol. The molecule has 0 saturated heterocycles. The summed E-state index contributed by atoms with van der Waals surface area (Å²) in [4.78, 5) is 29.0. The van der Waals surface area contributed by atoms with Gasteiger partial charge in [0.25, 0.3) is 5.91 Å². The first kappa shape index (κ1) is 25.5. The summed E-state index contributed by atoms with van der Waals surface area (Å²) in [6.45, 7) is 0.834. The molecule has 0 atom stereocenters. The van der Waals surface area contributed by atoms with E-state index in [1.807, 2.05) is 36.4 Å². The molecule has 2 N–H and O–H groups in total. The summed E-state index contributed by atoms with van der Waals surface area (Å²) < 4.78 is 38.6. The van der Waals surface area contributed by atoms with Crippen LogP contribution in [0.15, 0.2) is 76.6 Å². The van der Waals surface area contributed by atoms with Crippen molar-refractivity contribution < 1.29 is 22.7 Å². The summed E-state index contributed by atoms with van der Waals surface area (Å²) in [7, 11) is -0.733. The molecule has 4 aromatic rings. The average molecular weight is 534 g/mol. The third-order valence-electron chi connectivity index (χ3n) is 6.69. The largest absolute Gasteiger partial charge is 0.493 e. The number of H-pyrrole nitrogens is 1. The second-order valence-corrected chi connectivity index (χ2v) is 10.9. The van der Waals surface area contributed by atoms with Crippen molar-refractivity contribution in [3.8, 4) is 11.5 Å². The minimum atomic E-state index is -3.84. The lowest BCUT2D eigenvalue weighted by molar-refractivity contribution is 0.0953. The lowest BCUT2D eigenvalue weighted by Crippen LogP contribution is -2.30. The number of amides is 1. The van der Waals surface area contributed by atoms with Crippen LogP contribution in [0.5, 0.6) is 11.5 Å². The van der Waals surface area contributed by atoms with Gasteiger partial charge in [0.15, 0.2) is 11.5 Å². The minimum Gasteiger partial charge on any atom is -0.493 e. The molecule has 0 bridgehead atoms. The van der Waals surface area contributed by atoms with Crippen molar-refractivity contribution in [3.63, 3.8) is 0 Å². The van der Waals surface area contributed by atoms with Gasteiger partial charge in [0.05, 0.1) is 19.1 Å². The van der Waals surface area contributed by atoms with E-state index in [1.165, 1.54) is 22.6 Å². The van der Waals surface area contributed by atoms with Gasteiger partial charge in [0, 0.05) is 36.7 Å². The van der Waals surface area contributed by atoms with Gasteiger partial charge in [-0.1, -0.05) is 30.3 Å². The minimum absolute atomic E-state index is 0.00863. The van der Waals surface area contributed by atoms with E-state index < -0.39 is 21.4 Å². The van der Waals surface area contributed by atoms with Crippen molar-refractivity contribution in [2.24, 2.45) is 0 Å². The number of pyridine rings is 1. The van der Waals surface area contributed by atoms with E-state index in [0.29, 0.717) is 23.4 Å². The molecule has 0 radical (unpaired) electrons. The summed E-state index contributed by atoms with van der Waals surface area (Å²) in [5.74, 6) is 0.654. The number of rotatable bonds is 8. The zero-order valence-corrected chi connectivity index (χ0v) is 21.8. The molecule has 196 valence electrons. The number of ether oxygens (including phenoxy) is 2. The third kappa shape index (κ3) is 4.75. The predicted octanol–water partition coefficient (Wildman–Crippen LogP) is 3.22. The zero-order valence-electron chi connectivity index (χ0n) is 21.0. The number of nitrogens with one attached hydrogen (secondary N) is 2. The van der Waals surface area contributed by atoms with Gasteiger partial charge in [-0.05, 0) is 53.4 Å². The topological polar surface area (TPSA) is 118 Å². The maximum absolute atomic E-state index is 13.4. The van der Waals surface area contributed by atoms with Gasteiger partial charge < -0.3 is 19.8 Å². The highest BCUT2D eigenvalue weighted by Gasteiger charge is 2.30. The molecule has 1 aliphatic rings. The molecule has 10 heteroatoms. The van der Waals surface area contributed by atoms with Crippen LogP contribution in [0.3, 0.4) is 0 Å². The summed E-state index contributed by atoms with van der Waals surface area (Å²) in [5.41, 5.74) is 2.66. The smallest absolute Gasteiger partial charge is 0.256 e. The Hall–Kier alpha value is -4.15. The number of hydrogen-bond donors (Lipinski definition) is 2. The van der Waals surface area contributed by atoms with Crippen molar-refractivity contribution in [1.82, 2.24) is 14.6 Å². The van der Waals surface area contributed by atoms with Gasteiger partial charge in [-0.15, -0.1) is 0 Å². The number of aromatic amines is 1. The maximum atomic E-state index is 13.4. The van der Waals surface area contributed by atoms with Crippen LogP contribution in [0.1, 0.15) is 27.0 Å². The van der Waals surface area contributed by atoms with E-state index in [2.05, 4.69) is 10.3 Å². The number of hydrogen-bond acceptors (Lipinski definition) is 6. The monoisotopic (exact) mass is 533 g/mol. The Balaban J connectivity index is 1.34. The molecule has 1 aliphatic heterocycles. The number of nitrogens with zero attached hydrogens (tertiary/aromatic N) is 1. The van der Waals surface area contributed by atoms with Crippen molar-refractivity contribution in [1.29, 1.82) is 0 Å². The van der Waals surface area contributed by atoms with Crippen molar-refractivity contribution in [2.45, 2.75) is 24.4 Å². The van der Waals surface area contributed by atoms with E-state index in [1.54, 1.807) is 26.4 Å². The molecule has 1 amide bonds. The summed E-state index contributed by atoms with van der Waals surface area (Å²) in [6, 6.07) is 17.4. The molecule has 3 aromatic carbocycles. The highest BCUT2D eigenvalue weighted by Crippen LogP contribution is 2.29. The van der Waals surface area contributed by atoms with Crippen LogP contribution in [-0.4, -0.2) is 44.4 Å². The molecular formula is C28H27N3O6S. The number of sulfonamides is 1. The number of fused-ring (bicyclic) bond motifs is 2. The molecular weight excluding hydrogens is 506 g/mol. The van der Waals surface area contributed by atoms with Crippen LogP contribution in [-0.2, 0) is 29.5 Å². The van der Waals surface area contributed by atoms with Gasteiger partial charge in [0.2, 0.25) is 15.5 Å². The number of benzene rings is 3. The Morgan fingerprint density at radius 3 is 2.37 bits per heavy atom. The van der Waals surface area contributed by atoms with Gasteiger partial charge in [0.1, 0.15) is 5.56 Å². The molecule has 9 nitrogen and oxygen atoms in total. The third-order valence-corrected chi connectivity index (χ3v) is 8.48. The maximum Gasteiger partial charge on any atom is 0.256 e. The van der Waals surface area contributed by atoms with Gasteiger partial charge in [-0.3, -0.25) is 9.59 Å². The second kappa shape index (κ2) is 10.3. The van der Waals surface area contributed by atoms with E-state index in [4.69, 9.17) is 9.47 Å². The fraction of sp³-hybridized carbons (Fsp3) is 0.214. The first-order valence-electron chi connectivity index (χ1n) is 12.0. The van der Waals surface area contributed by atoms with E-state index >= 15 is 0 Å². The lowest BCUT2D eigenvalue weighted by Gasteiger charge is -2.16. The molecule has 0 spiro atoms.